The molecule has 15 nitrogen and oxygen atoms in total. The summed E-state index contributed by atoms with van der Waals surface area (Å²) in [4.78, 5) is 65.6. The minimum absolute atomic E-state index is 0.0312. The molecular formula is C28H40N10O5. The molecule has 2 aromatic heterocycles. The Morgan fingerprint density at radius 1 is 0.977 bits per heavy atom. The number of amides is 3. The third kappa shape index (κ3) is 9.56. The van der Waals surface area contributed by atoms with Crippen LogP contribution in [0.25, 0.3) is 10.9 Å². The van der Waals surface area contributed by atoms with Crippen molar-refractivity contribution >= 4 is 40.6 Å². The van der Waals surface area contributed by atoms with Crippen molar-refractivity contribution in [1.82, 2.24) is 30.9 Å². The largest absolute Gasteiger partial charge is 0.480 e. The lowest BCUT2D eigenvalue weighted by Gasteiger charge is -2.27. The normalized spacial score (nSPS) is 14.0. The van der Waals surface area contributed by atoms with Crippen molar-refractivity contribution in [3.8, 4) is 0 Å². The molecule has 0 aliphatic carbocycles. The van der Waals surface area contributed by atoms with Crippen LogP contribution in [-0.4, -0.2) is 80.4 Å². The fraction of sp³-hybridized carbons (Fsp3) is 0.429. The van der Waals surface area contributed by atoms with E-state index in [2.05, 4.69) is 35.9 Å². The first-order valence-electron chi connectivity index (χ1n) is 13.9. The lowest BCUT2D eigenvalue weighted by molar-refractivity contribution is -0.142. The highest BCUT2D eigenvalue weighted by atomic mass is 16.4. The summed E-state index contributed by atoms with van der Waals surface area (Å²) in [5.74, 6) is -3.57. The van der Waals surface area contributed by atoms with Crippen LogP contribution in [0.4, 0.5) is 0 Å². The highest BCUT2D eigenvalue weighted by Crippen LogP contribution is 2.19. The molecule has 0 radical (unpaired) electrons. The number of carbonyl (C=O) groups is 4. The minimum Gasteiger partial charge on any atom is -0.480 e. The van der Waals surface area contributed by atoms with E-state index in [0.717, 1.165) is 16.5 Å². The van der Waals surface area contributed by atoms with E-state index in [1.807, 2.05) is 24.3 Å². The molecule has 0 saturated carbocycles. The van der Waals surface area contributed by atoms with E-state index in [1.165, 1.54) is 12.5 Å². The smallest absolute Gasteiger partial charge is 0.326 e. The maximum atomic E-state index is 13.5. The number of carbonyl (C=O) groups excluding carboxylic acids is 3. The van der Waals surface area contributed by atoms with E-state index < -0.39 is 53.8 Å². The number of aromatic nitrogens is 3. The average molecular weight is 597 g/mol. The van der Waals surface area contributed by atoms with Crippen LogP contribution in [0.5, 0.6) is 0 Å². The van der Waals surface area contributed by atoms with Gasteiger partial charge in [0.2, 0.25) is 17.7 Å². The molecule has 0 aliphatic heterocycles. The first kappa shape index (κ1) is 32.6. The predicted molar refractivity (Wildman–Crippen MR) is 160 cm³/mol. The number of fused-ring (bicyclic) bond motifs is 1. The zero-order valence-corrected chi connectivity index (χ0v) is 24.2. The molecule has 15 heteroatoms. The molecule has 0 fully saturated rings. The highest BCUT2D eigenvalue weighted by molar-refractivity contribution is 5.94. The van der Waals surface area contributed by atoms with Crippen LogP contribution < -0.4 is 33.2 Å². The number of aromatic amines is 2. The number of aliphatic carboxylic acids is 1. The number of H-pyrrole nitrogens is 2. The summed E-state index contributed by atoms with van der Waals surface area (Å²) >= 11 is 0. The number of hydrogen-bond acceptors (Lipinski definition) is 7. The van der Waals surface area contributed by atoms with Gasteiger partial charge in [0.1, 0.15) is 18.1 Å². The average Bonchev–Trinajstić information content (AvgIpc) is 3.62. The molecule has 3 rings (SSSR count). The minimum atomic E-state index is -1.25. The second kappa shape index (κ2) is 15.3. The second-order valence-corrected chi connectivity index (χ2v) is 10.6. The van der Waals surface area contributed by atoms with Gasteiger partial charge in [0, 0.05) is 48.4 Å². The zero-order valence-electron chi connectivity index (χ0n) is 24.2. The number of nitrogens with two attached hydrogens (primary N) is 3. The molecule has 3 aromatic rings. The van der Waals surface area contributed by atoms with Gasteiger partial charge in [-0.05, 0) is 30.4 Å². The first-order chi connectivity index (χ1) is 20.5. The summed E-state index contributed by atoms with van der Waals surface area (Å²) in [6.07, 6.45) is 5.45. The number of nitrogens with zero attached hydrogens (tertiary/aromatic N) is 2. The lowest BCUT2D eigenvalue weighted by atomic mass is 10.00. The molecular weight excluding hydrogens is 556 g/mol. The van der Waals surface area contributed by atoms with Crippen LogP contribution in [0.1, 0.15) is 37.9 Å². The molecule has 2 heterocycles. The van der Waals surface area contributed by atoms with Gasteiger partial charge in [0.25, 0.3) is 0 Å². The van der Waals surface area contributed by atoms with Gasteiger partial charge in [-0.25, -0.2) is 9.78 Å². The van der Waals surface area contributed by atoms with Crippen molar-refractivity contribution in [3.63, 3.8) is 0 Å². The summed E-state index contributed by atoms with van der Waals surface area (Å²) < 4.78 is 0. The van der Waals surface area contributed by atoms with Gasteiger partial charge in [0.15, 0.2) is 5.96 Å². The summed E-state index contributed by atoms with van der Waals surface area (Å²) in [5, 5.41) is 18.6. The highest BCUT2D eigenvalue weighted by Gasteiger charge is 2.32. The van der Waals surface area contributed by atoms with Crippen LogP contribution in [0.15, 0.2) is 48.0 Å². The molecule has 1 aromatic carbocycles. The van der Waals surface area contributed by atoms with Gasteiger partial charge >= 0.3 is 5.97 Å². The molecule has 232 valence electrons. The number of guanidine groups is 1. The molecule has 43 heavy (non-hydrogen) atoms. The summed E-state index contributed by atoms with van der Waals surface area (Å²) in [7, 11) is 0. The third-order valence-corrected chi connectivity index (χ3v) is 6.88. The van der Waals surface area contributed by atoms with Crippen LogP contribution in [0, 0.1) is 5.92 Å². The van der Waals surface area contributed by atoms with Gasteiger partial charge < -0.3 is 48.2 Å². The lowest BCUT2D eigenvalue weighted by Crippen LogP contribution is -2.59. The van der Waals surface area contributed by atoms with Gasteiger partial charge in [-0.3, -0.25) is 19.4 Å². The Balaban J connectivity index is 1.70. The Morgan fingerprint density at radius 3 is 2.35 bits per heavy atom. The van der Waals surface area contributed by atoms with E-state index in [1.54, 1.807) is 20.0 Å². The van der Waals surface area contributed by atoms with Crippen molar-refractivity contribution in [3.05, 3.63) is 54.2 Å². The quantitative estimate of drug-likeness (QED) is 0.0571. The van der Waals surface area contributed by atoms with Gasteiger partial charge in [-0.2, -0.15) is 0 Å². The summed E-state index contributed by atoms with van der Waals surface area (Å²) in [6.45, 7) is 3.73. The number of rotatable bonds is 16. The van der Waals surface area contributed by atoms with Crippen LogP contribution in [0.3, 0.4) is 0 Å². The molecule has 0 bridgehead atoms. The van der Waals surface area contributed by atoms with E-state index in [4.69, 9.17) is 17.2 Å². The van der Waals surface area contributed by atoms with E-state index in [9.17, 15) is 24.3 Å². The monoisotopic (exact) mass is 596 g/mol. The maximum Gasteiger partial charge on any atom is 0.326 e. The molecule has 0 spiro atoms. The Hall–Kier alpha value is -4.92. The van der Waals surface area contributed by atoms with Crippen molar-refractivity contribution in [2.24, 2.45) is 28.1 Å². The maximum absolute atomic E-state index is 13.5. The number of para-hydroxylation sites is 1. The van der Waals surface area contributed by atoms with E-state index in [-0.39, 0.29) is 25.2 Å². The molecule has 0 saturated heterocycles. The first-order valence-corrected chi connectivity index (χ1v) is 13.9. The van der Waals surface area contributed by atoms with Gasteiger partial charge in [0.05, 0.1) is 12.4 Å². The summed E-state index contributed by atoms with van der Waals surface area (Å²) in [6, 6.07) is 3.06. The Labute approximate surface area is 248 Å². The predicted octanol–water partition coefficient (Wildman–Crippen LogP) is -0.748. The zero-order chi connectivity index (χ0) is 31.5. The molecule has 4 unspecified atom stereocenters. The third-order valence-electron chi connectivity index (χ3n) is 6.88. The molecule has 0 aliphatic rings. The number of aliphatic imine (C=N–C) groups is 1. The number of carboxylic acid groups (broad SMARTS) is 1. The van der Waals surface area contributed by atoms with Crippen LogP contribution in [0.2, 0.25) is 0 Å². The fourth-order valence-corrected chi connectivity index (χ4v) is 4.53. The van der Waals surface area contributed by atoms with Gasteiger partial charge in [-0.1, -0.05) is 32.0 Å². The molecule has 12 N–H and O–H groups in total. The number of benzene rings is 1. The van der Waals surface area contributed by atoms with Crippen molar-refractivity contribution in [1.29, 1.82) is 0 Å². The van der Waals surface area contributed by atoms with Crippen LogP contribution >= 0.6 is 0 Å². The van der Waals surface area contributed by atoms with E-state index in [0.29, 0.717) is 18.7 Å². The summed E-state index contributed by atoms with van der Waals surface area (Å²) in [5.41, 5.74) is 18.8. The molecule has 3 amide bonds. The standard InChI is InChI=1S/C28H40N10O5/c1-15(2)23(26(41)37-22(27(42)43)10-16-12-34-20-8-4-3-6-18(16)20)38-25(40)21(11-17-13-32-14-35-17)36-24(39)19(29)7-5-9-33-28(30)31/h3-4,6,8,12-15,19,21-23,34H,5,7,9-11,29H2,1-2H3,(H,32,35)(H,36,39)(H,37,41)(H,38,40)(H,42,43)(H4,30,31,33). The Morgan fingerprint density at radius 2 is 1.70 bits per heavy atom. The Bertz CT molecular complexity index is 1410. The fourth-order valence-electron chi connectivity index (χ4n) is 4.53. The topological polar surface area (TPSA) is 259 Å². The number of carboxylic acids is 1. The van der Waals surface area contributed by atoms with Crippen molar-refractivity contribution in [2.75, 3.05) is 6.54 Å². The van der Waals surface area contributed by atoms with E-state index >= 15 is 0 Å². The Kier molecular flexibility index (Phi) is 11.6. The number of imidazole rings is 1. The number of hydrogen-bond donors (Lipinski definition) is 9. The van der Waals surface area contributed by atoms with Crippen molar-refractivity contribution in [2.45, 2.75) is 63.7 Å². The number of nitrogens with one attached hydrogen (secondary N) is 5. The SMILES string of the molecule is CC(C)C(NC(=O)C(Cc1cnc[nH]1)NC(=O)C(N)CCCN=C(N)N)C(=O)NC(Cc1c[nH]c2ccccc12)C(=O)O. The van der Waals surface area contributed by atoms with Crippen LogP contribution in [-0.2, 0) is 32.0 Å². The molecule has 4 atom stereocenters. The van der Waals surface area contributed by atoms with Crippen molar-refractivity contribution < 1.29 is 24.3 Å². The second-order valence-electron chi connectivity index (χ2n) is 10.6. The van der Waals surface area contributed by atoms with Gasteiger partial charge in [-0.15, -0.1) is 0 Å².